The molecular formula is C18H27N5O2. The minimum absolute atomic E-state index is 0.152. The van der Waals surface area contributed by atoms with E-state index < -0.39 is 0 Å². The number of hydrogen-bond donors (Lipinski definition) is 0. The highest BCUT2D eigenvalue weighted by molar-refractivity contribution is 5.17. The van der Waals surface area contributed by atoms with Gasteiger partial charge in [0.15, 0.2) is 5.82 Å². The van der Waals surface area contributed by atoms with Crippen LogP contribution >= 0.6 is 0 Å². The molecule has 0 amide bonds. The van der Waals surface area contributed by atoms with E-state index >= 15 is 0 Å². The van der Waals surface area contributed by atoms with Crippen molar-refractivity contribution in [2.75, 3.05) is 34.3 Å². The molecule has 0 spiro atoms. The molecule has 1 aliphatic rings. The van der Waals surface area contributed by atoms with Gasteiger partial charge in [-0.2, -0.15) is 4.98 Å². The first-order valence-electron chi connectivity index (χ1n) is 8.72. The molecule has 7 heteroatoms. The zero-order valence-electron chi connectivity index (χ0n) is 15.4. The van der Waals surface area contributed by atoms with E-state index in [0.29, 0.717) is 30.2 Å². The van der Waals surface area contributed by atoms with Crippen LogP contribution in [0.5, 0.6) is 0 Å². The lowest BCUT2D eigenvalue weighted by molar-refractivity contribution is 0.109. The summed E-state index contributed by atoms with van der Waals surface area (Å²) in [5.41, 5.74) is 1.29. The molecule has 0 aliphatic carbocycles. The molecule has 0 bridgehead atoms. The average Bonchev–Trinajstić information content (AvgIpc) is 3.22. The number of aromatic nitrogens is 3. The Bertz CT molecular complexity index is 662. The molecule has 25 heavy (non-hydrogen) atoms. The van der Waals surface area contributed by atoms with E-state index in [4.69, 9.17) is 9.26 Å². The highest BCUT2D eigenvalue weighted by atomic mass is 16.5. The molecule has 0 N–H and O–H groups in total. The number of pyridine rings is 1. The Morgan fingerprint density at radius 3 is 3.04 bits per heavy atom. The SMILES string of the molecule is COC(C)c1noc(CN(C)C[C@@H]2CCN(C)[C@H]2c2cccnc2)n1. The van der Waals surface area contributed by atoms with Gasteiger partial charge in [-0.15, -0.1) is 0 Å². The van der Waals surface area contributed by atoms with E-state index in [0.717, 1.165) is 13.1 Å². The zero-order valence-corrected chi connectivity index (χ0v) is 15.4. The van der Waals surface area contributed by atoms with Crippen LogP contribution in [0, 0.1) is 5.92 Å². The van der Waals surface area contributed by atoms with Gasteiger partial charge in [0.1, 0.15) is 6.10 Å². The molecule has 1 aliphatic heterocycles. The quantitative estimate of drug-likeness (QED) is 0.762. The van der Waals surface area contributed by atoms with E-state index in [1.165, 1.54) is 12.0 Å². The summed E-state index contributed by atoms with van der Waals surface area (Å²) < 4.78 is 10.6. The van der Waals surface area contributed by atoms with Gasteiger partial charge in [-0.3, -0.25) is 14.8 Å². The van der Waals surface area contributed by atoms with Crippen LogP contribution in [0.4, 0.5) is 0 Å². The molecule has 3 atom stereocenters. The van der Waals surface area contributed by atoms with Gasteiger partial charge >= 0.3 is 0 Å². The Hall–Kier alpha value is -1.83. The van der Waals surface area contributed by atoms with Gasteiger partial charge in [0.25, 0.3) is 0 Å². The Morgan fingerprint density at radius 2 is 2.32 bits per heavy atom. The van der Waals surface area contributed by atoms with Crippen LogP contribution < -0.4 is 0 Å². The van der Waals surface area contributed by atoms with E-state index in [9.17, 15) is 0 Å². The Labute approximate surface area is 149 Å². The number of hydrogen-bond acceptors (Lipinski definition) is 7. The van der Waals surface area contributed by atoms with Crippen molar-refractivity contribution in [1.82, 2.24) is 24.9 Å². The first-order valence-corrected chi connectivity index (χ1v) is 8.72. The second-order valence-corrected chi connectivity index (χ2v) is 6.88. The summed E-state index contributed by atoms with van der Waals surface area (Å²) in [6.45, 7) is 4.63. The van der Waals surface area contributed by atoms with Crippen molar-refractivity contribution < 1.29 is 9.26 Å². The van der Waals surface area contributed by atoms with E-state index in [-0.39, 0.29) is 6.10 Å². The maximum atomic E-state index is 5.35. The first-order chi connectivity index (χ1) is 12.1. The van der Waals surface area contributed by atoms with Gasteiger partial charge in [-0.25, -0.2) is 0 Å². The standard InChI is InChI=1S/C18H27N5O2/c1-13(24-4)18-20-16(25-21-18)12-22(2)11-15-7-9-23(3)17(15)14-6-5-8-19-10-14/h5-6,8,10,13,15,17H,7,9,11-12H2,1-4H3/t13?,15-,17-/m0/s1. The van der Waals surface area contributed by atoms with Crippen molar-refractivity contribution in [3.05, 3.63) is 41.8 Å². The predicted octanol–water partition coefficient (Wildman–Crippen LogP) is 2.30. The largest absolute Gasteiger partial charge is 0.374 e. The number of methoxy groups -OCH3 is 1. The molecule has 0 saturated carbocycles. The summed E-state index contributed by atoms with van der Waals surface area (Å²) in [4.78, 5) is 13.4. The lowest BCUT2D eigenvalue weighted by atomic mass is 9.94. The number of likely N-dealkylation sites (tertiary alicyclic amines) is 1. The van der Waals surface area contributed by atoms with Gasteiger partial charge in [0.05, 0.1) is 6.54 Å². The molecule has 1 saturated heterocycles. The third-order valence-electron chi connectivity index (χ3n) is 4.95. The first kappa shape index (κ1) is 18.0. The predicted molar refractivity (Wildman–Crippen MR) is 93.8 cm³/mol. The summed E-state index contributed by atoms with van der Waals surface area (Å²) in [6, 6.07) is 4.59. The molecule has 0 radical (unpaired) electrons. The third kappa shape index (κ3) is 4.23. The van der Waals surface area contributed by atoms with Crippen molar-refractivity contribution in [3.8, 4) is 0 Å². The van der Waals surface area contributed by atoms with Crippen molar-refractivity contribution in [2.24, 2.45) is 5.92 Å². The van der Waals surface area contributed by atoms with Crippen LogP contribution in [0.25, 0.3) is 0 Å². The lowest BCUT2D eigenvalue weighted by Crippen LogP contribution is -2.30. The third-order valence-corrected chi connectivity index (χ3v) is 4.95. The van der Waals surface area contributed by atoms with Gasteiger partial charge in [0, 0.05) is 32.1 Å². The zero-order chi connectivity index (χ0) is 17.8. The number of ether oxygens (including phenoxy) is 1. The monoisotopic (exact) mass is 345 g/mol. The lowest BCUT2D eigenvalue weighted by Gasteiger charge is -2.28. The smallest absolute Gasteiger partial charge is 0.240 e. The topological polar surface area (TPSA) is 67.5 Å². The van der Waals surface area contributed by atoms with Crippen LogP contribution in [0.2, 0.25) is 0 Å². The second kappa shape index (κ2) is 8.03. The van der Waals surface area contributed by atoms with Crippen molar-refractivity contribution in [1.29, 1.82) is 0 Å². The second-order valence-electron chi connectivity index (χ2n) is 6.88. The maximum Gasteiger partial charge on any atom is 0.240 e. The minimum Gasteiger partial charge on any atom is -0.374 e. The fourth-order valence-corrected chi connectivity index (χ4v) is 3.59. The van der Waals surface area contributed by atoms with Gasteiger partial charge < -0.3 is 9.26 Å². The fourth-order valence-electron chi connectivity index (χ4n) is 3.59. The molecular weight excluding hydrogens is 318 g/mol. The molecule has 2 aromatic rings. The van der Waals surface area contributed by atoms with E-state index in [1.807, 2.05) is 25.4 Å². The molecule has 136 valence electrons. The van der Waals surface area contributed by atoms with Crippen molar-refractivity contribution in [2.45, 2.75) is 32.0 Å². The van der Waals surface area contributed by atoms with Gasteiger partial charge in [-0.05, 0) is 51.5 Å². The fraction of sp³-hybridized carbons (Fsp3) is 0.611. The Kier molecular flexibility index (Phi) is 5.78. The maximum absolute atomic E-state index is 5.35. The van der Waals surface area contributed by atoms with Crippen molar-refractivity contribution >= 4 is 0 Å². The number of nitrogens with zero attached hydrogens (tertiary/aromatic N) is 5. The molecule has 1 unspecified atom stereocenters. The van der Waals surface area contributed by atoms with Crippen molar-refractivity contribution in [3.63, 3.8) is 0 Å². The highest BCUT2D eigenvalue weighted by Crippen LogP contribution is 2.36. The van der Waals surface area contributed by atoms with Crippen LogP contribution in [-0.2, 0) is 11.3 Å². The Morgan fingerprint density at radius 1 is 1.48 bits per heavy atom. The summed E-state index contributed by atoms with van der Waals surface area (Å²) >= 11 is 0. The van der Waals surface area contributed by atoms with Gasteiger partial charge in [-0.1, -0.05) is 11.2 Å². The summed E-state index contributed by atoms with van der Waals surface area (Å²) in [6.07, 6.45) is 4.83. The van der Waals surface area contributed by atoms with Crippen LogP contribution in [0.3, 0.4) is 0 Å². The molecule has 3 heterocycles. The minimum atomic E-state index is -0.152. The van der Waals surface area contributed by atoms with Crippen LogP contribution in [0.1, 0.15) is 42.8 Å². The summed E-state index contributed by atoms with van der Waals surface area (Å²) in [7, 11) is 5.93. The van der Waals surface area contributed by atoms with Crippen LogP contribution in [-0.4, -0.2) is 59.2 Å². The van der Waals surface area contributed by atoms with E-state index in [1.54, 1.807) is 7.11 Å². The molecule has 0 aromatic carbocycles. The summed E-state index contributed by atoms with van der Waals surface area (Å²) in [5.74, 6) is 1.78. The van der Waals surface area contributed by atoms with E-state index in [2.05, 4.69) is 45.1 Å². The molecule has 2 aromatic heterocycles. The number of rotatable bonds is 7. The average molecular weight is 345 g/mol. The van der Waals surface area contributed by atoms with Crippen LogP contribution in [0.15, 0.2) is 29.0 Å². The molecule has 3 rings (SSSR count). The molecule has 7 nitrogen and oxygen atoms in total. The highest BCUT2D eigenvalue weighted by Gasteiger charge is 2.33. The molecule has 1 fully saturated rings. The normalized spacial score (nSPS) is 22.6. The Balaban J connectivity index is 1.62. The summed E-state index contributed by atoms with van der Waals surface area (Å²) in [5, 5.41) is 3.99. The van der Waals surface area contributed by atoms with Gasteiger partial charge in [0.2, 0.25) is 5.89 Å².